The largest absolute Gasteiger partial charge is 0.350 e. The molecule has 1 aliphatic rings. The molecule has 4 heteroatoms. The molecule has 1 rings (SSSR count). The summed E-state index contributed by atoms with van der Waals surface area (Å²) in [7, 11) is 0. The summed E-state index contributed by atoms with van der Waals surface area (Å²) < 4.78 is 13.2. The zero-order chi connectivity index (χ0) is 9.84. The monoisotopic (exact) mass is 188 g/mol. The number of amides is 1. The predicted octanol–water partition coefficient (Wildman–Crippen LogP) is 0.459. The molecule has 1 amide bonds. The fourth-order valence-corrected chi connectivity index (χ4v) is 1.33. The standard InChI is InChI=1S/C9H17FN2O/c1-6(2)9(13)12-8-3-4-11-5-7(8)10/h6-8,11H,3-5H2,1-2H3,(H,12,13)/t7-,8-/m1/s1. The number of piperidine rings is 1. The van der Waals surface area contributed by atoms with E-state index in [1.54, 1.807) is 0 Å². The molecule has 0 spiro atoms. The zero-order valence-corrected chi connectivity index (χ0v) is 8.14. The number of hydrogen-bond acceptors (Lipinski definition) is 2. The summed E-state index contributed by atoms with van der Waals surface area (Å²) >= 11 is 0. The molecule has 2 N–H and O–H groups in total. The van der Waals surface area contributed by atoms with Gasteiger partial charge in [-0.15, -0.1) is 0 Å². The Balaban J connectivity index is 2.38. The smallest absolute Gasteiger partial charge is 0.222 e. The fraction of sp³-hybridized carbons (Fsp3) is 0.889. The molecule has 1 heterocycles. The molecular formula is C9H17FN2O. The van der Waals surface area contributed by atoms with Crippen LogP contribution in [0.4, 0.5) is 4.39 Å². The molecule has 0 aromatic heterocycles. The lowest BCUT2D eigenvalue weighted by Gasteiger charge is -2.28. The molecule has 0 aromatic rings. The van der Waals surface area contributed by atoms with Crippen LogP contribution in [0.3, 0.4) is 0 Å². The molecule has 13 heavy (non-hydrogen) atoms. The topological polar surface area (TPSA) is 41.1 Å². The molecule has 0 bridgehead atoms. The van der Waals surface area contributed by atoms with Crippen LogP contribution in [-0.4, -0.2) is 31.2 Å². The van der Waals surface area contributed by atoms with Gasteiger partial charge in [0.25, 0.3) is 0 Å². The van der Waals surface area contributed by atoms with Crippen LogP contribution in [0.2, 0.25) is 0 Å². The molecule has 0 saturated carbocycles. The predicted molar refractivity (Wildman–Crippen MR) is 49.2 cm³/mol. The average Bonchev–Trinajstić information content (AvgIpc) is 2.08. The van der Waals surface area contributed by atoms with E-state index in [0.29, 0.717) is 13.0 Å². The Morgan fingerprint density at radius 2 is 2.31 bits per heavy atom. The van der Waals surface area contributed by atoms with E-state index in [1.807, 2.05) is 13.8 Å². The summed E-state index contributed by atoms with van der Waals surface area (Å²) in [5.41, 5.74) is 0. The minimum Gasteiger partial charge on any atom is -0.350 e. The van der Waals surface area contributed by atoms with Crippen molar-refractivity contribution >= 4 is 5.91 Å². The number of nitrogens with one attached hydrogen (secondary N) is 2. The van der Waals surface area contributed by atoms with Gasteiger partial charge in [-0.2, -0.15) is 0 Å². The van der Waals surface area contributed by atoms with E-state index in [2.05, 4.69) is 10.6 Å². The number of carbonyl (C=O) groups excluding carboxylic acids is 1. The molecule has 3 nitrogen and oxygen atoms in total. The van der Waals surface area contributed by atoms with Crippen molar-refractivity contribution in [3.8, 4) is 0 Å². The van der Waals surface area contributed by atoms with Gasteiger partial charge < -0.3 is 10.6 Å². The molecule has 1 fully saturated rings. The maximum atomic E-state index is 13.2. The summed E-state index contributed by atoms with van der Waals surface area (Å²) in [5, 5.41) is 5.65. The van der Waals surface area contributed by atoms with E-state index in [4.69, 9.17) is 0 Å². The van der Waals surface area contributed by atoms with E-state index in [-0.39, 0.29) is 17.9 Å². The first-order valence-electron chi connectivity index (χ1n) is 4.76. The van der Waals surface area contributed by atoms with Gasteiger partial charge in [-0.25, -0.2) is 4.39 Å². The molecule has 0 aliphatic carbocycles. The summed E-state index contributed by atoms with van der Waals surface area (Å²) in [5.74, 6) is -0.128. The molecule has 1 aliphatic heterocycles. The summed E-state index contributed by atoms with van der Waals surface area (Å²) in [4.78, 5) is 11.3. The van der Waals surface area contributed by atoms with Crippen LogP contribution < -0.4 is 10.6 Å². The Morgan fingerprint density at radius 1 is 1.62 bits per heavy atom. The van der Waals surface area contributed by atoms with Gasteiger partial charge in [-0.3, -0.25) is 4.79 Å². The normalized spacial score (nSPS) is 28.9. The second-order valence-electron chi connectivity index (χ2n) is 3.78. The summed E-state index contributed by atoms with van der Waals surface area (Å²) in [6, 6.07) is -0.295. The first kappa shape index (κ1) is 10.4. The van der Waals surface area contributed by atoms with Gasteiger partial charge in [-0.05, 0) is 13.0 Å². The Hall–Kier alpha value is -0.640. The maximum Gasteiger partial charge on any atom is 0.222 e. The van der Waals surface area contributed by atoms with Crippen molar-refractivity contribution in [3.63, 3.8) is 0 Å². The second-order valence-corrected chi connectivity index (χ2v) is 3.78. The van der Waals surface area contributed by atoms with Gasteiger partial charge in [0.15, 0.2) is 0 Å². The SMILES string of the molecule is CC(C)C(=O)N[C@@H]1CCNC[C@H]1F. The van der Waals surface area contributed by atoms with Crippen molar-refractivity contribution < 1.29 is 9.18 Å². The number of carbonyl (C=O) groups is 1. The highest BCUT2D eigenvalue weighted by Crippen LogP contribution is 2.08. The lowest BCUT2D eigenvalue weighted by molar-refractivity contribution is -0.125. The minimum absolute atomic E-state index is 0.0606. The van der Waals surface area contributed by atoms with Crippen LogP contribution in [0.5, 0.6) is 0 Å². The van der Waals surface area contributed by atoms with Crippen molar-refractivity contribution in [1.82, 2.24) is 10.6 Å². The Labute approximate surface area is 78.1 Å². The van der Waals surface area contributed by atoms with Gasteiger partial charge in [0.05, 0.1) is 6.04 Å². The highest BCUT2D eigenvalue weighted by Gasteiger charge is 2.26. The van der Waals surface area contributed by atoms with Crippen LogP contribution in [0, 0.1) is 5.92 Å². The van der Waals surface area contributed by atoms with E-state index < -0.39 is 6.17 Å². The van der Waals surface area contributed by atoms with E-state index in [1.165, 1.54) is 0 Å². The summed E-state index contributed by atoms with van der Waals surface area (Å²) in [6.45, 7) is 4.75. The lowest BCUT2D eigenvalue weighted by Crippen LogP contribution is -2.51. The summed E-state index contributed by atoms with van der Waals surface area (Å²) in [6.07, 6.45) is -0.268. The third kappa shape index (κ3) is 2.95. The maximum absolute atomic E-state index is 13.2. The number of hydrogen-bond donors (Lipinski definition) is 2. The molecule has 1 saturated heterocycles. The quantitative estimate of drug-likeness (QED) is 0.661. The Morgan fingerprint density at radius 3 is 2.85 bits per heavy atom. The highest BCUT2D eigenvalue weighted by atomic mass is 19.1. The first-order valence-corrected chi connectivity index (χ1v) is 4.76. The van der Waals surface area contributed by atoms with Crippen LogP contribution in [-0.2, 0) is 4.79 Å². The van der Waals surface area contributed by atoms with Crippen molar-refractivity contribution in [3.05, 3.63) is 0 Å². The zero-order valence-electron chi connectivity index (χ0n) is 8.14. The Kier molecular flexibility index (Phi) is 3.66. The second kappa shape index (κ2) is 4.56. The van der Waals surface area contributed by atoms with Crippen molar-refractivity contribution in [1.29, 1.82) is 0 Å². The Bertz CT molecular complexity index is 184. The van der Waals surface area contributed by atoms with Gasteiger partial charge in [0.1, 0.15) is 6.17 Å². The van der Waals surface area contributed by atoms with Gasteiger partial charge >= 0.3 is 0 Å². The molecule has 76 valence electrons. The van der Waals surface area contributed by atoms with Gasteiger partial charge in [-0.1, -0.05) is 13.8 Å². The van der Waals surface area contributed by atoms with Crippen LogP contribution >= 0.6 is 0 Å². The van der Waals surface area contributed by atoms with Crippen molar-refractivity contribution in [2.75, 3.05) is 13.1 Å². The highest BCUT2D eigenvalue weighted by molar-refractivity contribution is 5.78. The van der Waals surface area contributed by atoms with E-state index >= 15 is 0 Å². The van der Waals surface area contributed by atoms with E-state index in [0.717, 1.165) is 6.54 Å². The third-order valence-corrected chi connectivity index (χ3v) is 2.26. The molecular weight excluding hydrogens is 171 g/mol. The van der Waals surface area contributed by atoms with Crippen LogP contribution in [0.15, 0.2) is 0 Å². The van der Waals surface area contributed by atoms with Crippen LogP contribution in [0.25, 0.3) is 0 Å². The minimum atomic E-state index is -0.948. The molecule has 0 radical (unpaired) electrons. The van der Waals surface area contributed by atoms with E-state index in [9.17, 15) is 9.18 Å². The van der Waals surface area contributed by atoms with Crippen molar-refractivity contribution in [2.24, 2.45) is 5.92 Å². The van der Waals surface area contributed by atoms with Crippen molar-refractivity contribution in [2.45, 2.75) is 32.5 Å². The average molecular weight is 188 g/mol. The lowest BCUT2D eigenvalue weighted by atomic mass is 10.0. The van der Waals surface area contributed by atoms with Crippen LogP contribution in [0.1, 0.15) is 20.3 Å². The first-order chi connectivity index (χ1) is 6.11. The number of halogens is 1. The third-order valence-electron chi connectivity index (χ3n) is 2.26. The van der Waals surface area contributed by atoms with Gasteiger partial charge in [0, 0.05) is 12.5 Å². The molecule has 0 unspecified atom stereocenters. The number of alkyl halides is 1. The fourth-order valence-electron chi connectivity index (χ4n) is 1.33. The number of rotatable bonds is 2. The molecule has 2 atom stereocenters. The van der Waals surface area contributed by atoms with Gasteiger partial charge in [0.2, 0.25) is 5.91 Å². The molecule has 0 aromatic carbocycles.